The number of nitriles is 1. The zero-order chi connectivity index (χ0) is 17.0. The molecule has 4 aliphatic rings. The van der Waals surface area contributed by atoms with Gasteiger partial charge < -0.3 is 15.4 Å². The average molecular weight is 331 g/mol. The summed E-state index contributed by atoms with van der Waals surface area (Å²) in [5.41, 5.74) is 0.314. The Morgan fingerprint density at radius 2 is 1.88 bits per heavy atom. The number of hydrogen-bond donors (Lipinski definition) is 2. The number of carbonyl (C=O) groups is 1. The summed E-state index contributed by atoms with van der Waals surface area (Å²) in [6.45, 7) is 3.81. The largest absolute Gasteiger partial charge is 0.384 e. The summed E-state index contributed by atoms with van der Waals surface area (Å²) in [5, 5.41) is 15.6. The second-order valence-electron chi connectivity index (χ2n) is 7.82. The van der Waals surface area contributed by atoms with Crippen molar-refractivity contribution in [1.82, 2.24) is 10.6 Å². The van der Waals surface area contributed by atoms with Gasteiger partial charge in [-0.05, 0) is 69.6 Å². The predicted octanol–water partition coefficient (Wildman–Crippen LogP) is 2.50. The van der Waals surface area contributed by atoms with Gasteiger partial charge in [0, 0.05) is 31.5 Å². The fraction of sp³-hybridized carbons (Fsp3) is 0.789. The molecule has 24 heavy (non-hydrogen) atoms. The van der Waals surface area contributed by atoms with Gasteiger partial charge in [-0.3, -0.25) is 4.79 Å². The van der Waals surface area contributed by atoms with Crippen molar-refractivity contribution in [1.29, 1.82) is 5.26 Å². The van der Waals surface area contributed by atoms with Gasteiger partial charge in [0.15, 0.2) is 0 Å². The van der Waals surface area contributed by atoms with E-state index >= 15 is 0 Å². The molecule has 5 nitrogen and oxygen atoms in total. The van der Waals surface area contributed by atoms with Gasteiger partial charge in [-0.15, -0.1) is 0 Å². The van der Waals surface area contributed by atoms with Crippen LogP contribution in [0.4, 0.5) is 0 Å². The Labute approximate surface area is 144 Å². The Morgan fingerprint density at radius 1 is 1.25 bits per heavy atom. The molecule has 0 aromatic heterocycles. The van der Waals surface area contributed by atoms with Crippen molar-refractivity contribution in [2.24, 2.45) is 17.8 Å². The molecular formula is C19H29N3O2. The smallest absolute Gasteiger partial charge is 0.263 e. The Morgan fingerprint density at radius 3 is 2.42 bits per heavy atom. The van der Waals surface area contributed by atoms with E-state index < -0.39 is 0 Å². The van der Waals surface area contributed by atoms with Crippen molar-refractivity contribution in [3.05, 3.63) is 11.8 Å². The van der Waals surface area contributed by atoms with E-state index in [1.807, 2.05) is 13.0 Å². The number of hydrogen-bond acceptors (Lipinski definition) is 4. The van der Waals surface area contributed by atoms with Crippen LogP contribution in [-0.4, -0.2) is 31.2 Å². The lowest BCUT2D eigenvalue weighted by molar-refractivity contribution is -0.117. The molecule has 4 saturated carbocycles. The van der Waals surface area contributed by atoms with E-state index in [0.717, 1.165) is 24.2 Å². The summed E-state index contributed by atoms with van der Waals surface area (Å²) < 4.78 is 5.24. The molecule has 0 heterocycles. The van der Waals surface area contributed by atoms with Crippen LogP contribution in [0, 0.1) is 29.1 Å². The van der Waals surface area contributed by atoms with Gasteiger partial charge in [0.1, 0.15) is 11.6 Å². The van der Waals surface area contributed by atoms with Gasteiger partial charge in [0.2, 0.25) is 0 Å². The normalized spacial score (nSPS) is 34.0. The summed E-state index contributed by atoms with van der Waals surface area (Å²) in [5.74, 6) is 2.24. The van der Waals surface area contributed by atoms with Crippen LogP contribution in [-0.2, 0) is 9.53 Å². The summed E-state index contributed by atoms with van der Waals surface area (Å²) >= 11 is 0. The molecule has 4 bridgehead atoms. The number of ether oxygens (including phenoxy) is 1. The quantitative estimate of drug-likeness (QED) is 0.407. The van der Waals surface area contributed by atoms with E-state index in [0.29, 0.717) is 19.8 Å². The van der Waals surface area contributed by atoms with Gasteiger partial charge in [-0.25, -0.2) is 0 Å². The lowest BCUT2D eigenvalue weighted by Crippen LogP contribution is -2.57. The first-order chi connectivity index (χ1) is 11.6. The van der Waals surface area contributed by atoms with E-state index in [2.05, 4.69) is 10.6 Å². The maximum atomic E-state index is 12.1. The molecule has 1 amide bonds. The Bertz CT molecular complexity index is 500. The molecular weight excluding hydrogens is 302 g/mol. The van der Waals surface area contributed by atoms with Crippen LogP contribution in [0.15, 0.2) is 11.8 Å². The van der Waals surface area contributed by atoms with Crippen molar-refractivity contribution in [3.8, 4) is 6.07 Å². The van der Waals surface area contributed by atoms with Crippen LogP contribution in [0.3, 0.4) is 0 Å². The van der Waals surface area contributed by atoms with E-state index in [-0.39, 0.29) is 17.0 Å². The Kier molecular flexibility index (Phi) is 5.45. The highest BCUT2D eigenvalue weighted by Crippen LogP contribution is 2.55. The second kappa shape index (κ2) is 7.57. The molecule has 4 rings (SSSR count). The molecule has 0 aromatic carbocycles. The summed E-state index contributed by atoms with van der Waals surface area (Å²) in [7, 11) is 0. The fourth-order valence-electron chi connectivity index (χ4n) is 5.28. The topological polar surface area (TPSA) is 74.1 Å². The highest BCUT2D eigenvalue weighted by atomic mass is 16.5. The van der Waals surface area contributed by atoms with Gasteiger partial charge in [0.05, 0.1) is 0 Å². The minimum atomic E-state index is -0.286. The van der Waals surface area contributed by atoms with Crippen LogP contribution < -0.4 is 10.6 Å². The van der Waals surface area contributed by atoms with E-state index in [9.17, 15) is 10.1 Å². The summed E-state index contributed by atoms with van der Waals surface area (Å²) in [4.78, 5) is 12.1. The number of rotatable bonds is 8. The molecule has 0 saturated heterocycles. The molecule has 4 aliphatic carbocycles. The predicted molar refractivity (Wildman–Crippen MR) is 91.9 cm³/mol. The van der Waals surface area contributed by atoms with Crippen molar-refractivity contribution in [2.75, 3.05) is 19.8 Å². The van der Waals surface area contributed by atoms with Gasteiger partial charge >= 0.3 is 0 Å². The molecule has 0 aromatic rings. The Hall–Kier alpha value is -1.54. The maximum absolute atomic E-state index is 12.1. The molecule has 0 spiro atoms. The maximum Gasteiger partial charge on any atom is 0.263 e. The third-order valence-electron chi connectivity index (χ3n) is 5.88. The number of amides is 1. The van der Waals surface area contributed by atoms with Crippen molar-refractivity contribution < 1.29 is 9.53 Å². The van der Waals surface area contributed by atoms with Gasteiger partial charge in [-0.1, -0.05) is 0 Å². The molecule has 0 unspecified atom stereocenters. The molecule has 132 valence electrons. The number of nitrogens with one attached hydrogen (secondary N) is 2. The monoisotopic (exact) mass is 331 g/mol. The van der Waals surface area contributed by atoms with E-state index in [1.165, 1.54) is 38.5 Å². The minimum Gasteiger partial charge on any atom is -0.384 e. The van der Waals surface area contributed by atoms with Crippen molar-refractivity contribution in [3.63, 3.8) is 0 Å². The molecule has 0 aliphatic heterocycles. The van der Waals surface area contributed by atoms with Crippen LogP contribution >= 0.6 is 0 Å². The minimum absolute atomic E-state index is 0.131. The van der Waals surface area contributed by atoms with Crippen LogP contribution in [0.25, 0.3) is 0 Å². The standard InChI is InChI=1S/C19H29N3O2/c1-2-24-5-3-4-21-18(23)17(12-20)13-22-19-9-14-6-15(10-19)8-16(7-14)11-19/h13-16,22H,2-11H2,1H3,(H,21,23)/b17-13-. The molecule has 4 fully saturated rings. The lowest BCUT2D eigenvalue weighted by atomic mass is 9.53. The van der Waals surface area contributed by atoms with Crippen molar-refractivity contribution >= 4 is 5.91 Å². The van der Waals surface area contributed by atoms with Crippen LogP contribution in [0.5, 0.6) is 0 Å². The molecule has 0 atom stereocenters. The summed E-state index contributed by atoms with van der Waals surface area (Å²) in [6, 6.07) is 2.04. The fourth-order valence-corrected chi connectivity index (χ4v) is 5.28. The number of carbonyl (C=O) groups excluding carboxylic acids is 1. The summed E-state index contributed by atoms with van der Waals surface area (Å²) in [6.07, 6.45) is 10.2. The third kappa shape index (κ3) is 3.92. The SMILES string of the molecule is CCOCCCNC(=O)/C(C#N)=C\NC12CC3CC(CC(C3)C1)C2. The molecule has 0 radical (unpaired) electrons. The van der Waals surface area contributed by atoms with Crippen molar-refractivity contribution in [2.45, 2.75) is 57.4 Å². The highest BCUT2D eigenvalue weighted by Gasteiger charge is 2.50. The van der Waals surface area contributed by atoms with Crippen LogP contribution in [0.2, 0.25) is 0 Å². The first kappa shape index (κ1) is 17.3. The number of nitrogens with zero attached hydrogens (tertiary/aromatic N) is 1. The second-order valence-corrected chi connectivity index (χ2v) is 7.82. The molecule has 2 N–H and O–H groups in total. The lowest BCUT2D eigenvalue weighted by Gasteiger charge is -2.56. The zero-order valence-corrected chi connectivity index (χ0v) is 14.6. The van der Waals surface area contributed by atoms with E-state index in [1.54, 1.807) is 6.20 Å². The van der Waals surface area contributed by atoms with Gasteiger partial charge in [0.25, 0.3) is 5.91 Å². The van der Waals surface area contributed by atoms with Crippen LogP contribution in [0.1, 0.15) is 51.9 Å². The third-order valence-corrected chi connectivity index (χ3v) is 5.88. The highest BCUT2D eigenvalue weighted by molar-refractivity contribution is 5.97. The van der Waals surface area contributed by atoms with E-state index in [4.69, 9.17) is 4.74 Å². The average Bonchev–Trinajstić information content (AvgIpc) is 2.54. The zero-order valence-electron chi connectivity index (χ0n) is 14.6. The first-order valence-corrected chi connectivity index (χ1v) is 9.38. The molecule has 5 heteroatoms. The first-order valence-electron chi connectivity index (χ1n) is 9.38. The van der Waals surface area contributed by atoms with Gasteiger partial charge in [-0.2, -0.15) is 5.26 Å². The Balaban J connectivity index is 1.52.